The molecule has 0 spiro atoms. The van der Waals surface area contributed by atoms with Crippen molar-refractivity contribution in [2.24, 2.45) is 0 Å². The molecule has 7 heteroatoms. The van der Waals surface area contributed by atoms with Gasteiger partial charge in [0.15, 0.2) is 6.61 Å². The van der Waals surface area contributed by atoms with Crippen molar-refractivity contribution in [2.45, 2.75) is 6.92 Å². The van der Waals surface area contributed by atoms with Gasteiger partial charge < -0.3 is 15.4 Å². The van der Waals surface area contributed by atoms with E-state index in [1.165, 1.54) is 17.4 Å². The molecular weight excluding hydrogens is 340 g/mol. The zero-order valence-corrected chi connectivity index (χ0v) is 14.5. The minimum Gasteiger partial charge on any atom is -0.452 e. The summed E-state index contributed by atoms with van der Waals surface area (Å²) < 4.78 is 4.88. The molecule has 1 aromatic heterocycles. The maximum absolute atomic E-state index is 11.8. The molecule has 0 saturated heterocycles. The van der Waals surface area contributed by atoms with Gasteiger partial charge in [0.2, 0.25) is 0 Å². The maximum Gasteiger partial charge on any atom is 0.331 e. The van der Waals surface area contributed by atoms with E-state index in [0.717, 1.165) is 5.56 Å². The van der Waals surface area contributed by atoms with Crippen molar-refractivity contribution in [1.82, 2.24) is 5.32 Å². The second-order valence-electron chi connectivity index (χ2n) is 4.99. The van der Waals surface area contributed by atoms with Crippen LogP contribution in [0.2, 0.25) is 0 Å². The van der Waals surface area contributed by atoms with E-state index in [0.29, 0.717) is 17.8 Å². The number of thiophene rings is 1. The van der Waals surface area contributed by atoms with Crippen LogP contribution < -0.4 is 10.6 Å². The molecule has 1 aromatic carbocycles. The first-order valence-corrected chi connectivity index (χ1v) is 8.58. The van der Waals surface area contributed by atoms with Crippen LogP contribution in [0.25, 0.3) is 6.08 Å². The number of rotatable bonds is 7. The topological polar surface area (TPSA) is 84.5 Å². The molecule has 0 atom stereocenters. The molecule has 25 heavy (non-hydrogen) atoms. The van der Waals surface area contributed by atoms with Crippen molar-refractivity contribution in [3.05, 3.63) is 58.3 Å². The van der Waals surface area contributed by atoms with Crippen LogP contribution in [0.4, 0.5) is 5.69 Å². The summed E-state index contributed by atoms with van der Waals surface area (Å²) in [6, 6.07) is 8.38. The highest BCUT2D eigenvalue weighted by atomic mass is 32.1. The first-order chi connectivity index (χ1) is 12.1. The third-order valence-electron chi connectivity index (χ3n) is 3.05. The van der Waals surface area contributed by atoms with Crippen LogP contribution in [0.3, 0.4) is 0 Å². The van der Waals surface area contributed by atoms with E-state index in [-0.39, 0.29) is 5.91 Å². The minimum absolute atomic E-state index is 0.219. The molecule has 0 unspecified atom stereocenters. The number of hydrogen-bond acceptors (Lipinski definition) is 5. The molecule has 6 nitrogen and oxygen atoms in total. The van der Waals surface area contributed by atoms with Gasteiger partial charge in [-0.2, -0.15) is 11.3 Å². The molecule has 2 aromatic rings. The van der Waals surface area contributed by atoms with Crippen molar-refractivity contribution in [2.75, 3.05) is 18.5 Å². The maximum atomic E-state index is 11.8. The van der Waals surface area contributed by atoms with Crippen molar-refractivity contribution in [3.63, 3.8) is 0 Å². The predicted octanol–water partition coefficient (Wildman–Crippen LogP) is 2.69. The van der Waals surface area contributed by atoms with Crippen molar-refractivity contribution in [1.29, 1.82) is 0 Å². The Morgan fingerprint density at radius 2 is 2.08 bits per heavy atom. The van der Waals surface area contributed by atoms with Crippen LogP contribution >= 0.6 is 11.3 Å². The lowest BCUT2D eigenvalue weighted by atomic mass is 10.2. The summed E-state index contributed by atoms with van der Waals surface area (Å²) in [6.45, 7) is 1.94. The van der Waals surface area contributed by atoms with Crippen LogP contribution in [0, 0.1) is 0 Å². The molecule has 0 aliphatic carbocycles. The summed E-state index contributed by atoms with van der Waals surface area (Å²) in [4.78, 5) is 35.2. The Morgan fingerprint density at radius 3 is 2.80 bits per heavy atom. The molecule has 0 saturated carbocycles. The van der Waals surface area contributed by atoms with Gasteiger partial charge >= 0.3 is 5.97 Å². The number of hydrogen-bond donors (Lipinski definition) is 2. The summed E-state index contributed by atoms with van der Waals surface area (Å²) in [6.07, 6.45) is 2.89. The normalized spacial score (nSPS) is 10.4. The number of esters is 1. The standard InChI is InChI=1S/C18H18N2O4S/c1-2-19-18(23)14-4-3-5-15(10-14)20-16(21)11-24-17(22)7-6-13-8-9-25-12-13/h3-10,12H,2,11H2,1H3,(H,19,23)(H,20,21)/b7-6+. The Morgan fingerprint density at radius 1 is 1.24 bits per heavy atom. The highest BCUT2D eigenvalue weighted by Gasteiger charge is 2.08. The fraction of sp³-hybridized carbons (Fsp3) is 0.167. The smallest absolute Gasteiger partial charge is 0.331 e. The molecule has 0 radical (unpaired) electrons. The van der Waals surface area contributed by atoms with E-state index >= 15 is 0 Å². The first-order valence-electron chi connectivity index (χ1n) is 7.63. The second kappa shape index (κ2) is 9.39. The van der Waals surface area contributed by atoms with Gasteiger partial charge in [-0.15, -0.1) is 0 Å². The molecule has 0 aliphatic heterocycles. The first kappa shape index (κ1) is 18.4. The van der Waals surface area contributed by atoms with Gasteiger partial charge in [-0.05, 0) is 53.6 Å². The van der Waals surface area contributed by atoms with E-state index in [9.17, 15) is 14.4 Å². The molecule has 0 bridgehead atoms. The fourth-order valence-corrected chi connectivity index (χ4v) is 2.55. The van der Waals surface area contributed by atoms with E-state index in [2.05, 4.69) is 10.6 Å². The van der Waals surface area contributed by atoms with Crippen LogP contribution in [0.15, 0.2) is 47.2 Å². The van der Waals surface area contributed by atoms with E-state index in [1.54, 1.807) is 30.3 Å². The van der Waals surface area contributed by atoms with Gasteiger partial charge in [0.1, 0.15) is 0 Å². The number of carbonyl (C=O) groups excluding carboxylic acids is 3. The Bertz CT molecular complexity index is 769. The number of carbonyl (C=O) groups is 3. The van der Waals surface area contributed by atoms with Crippen LogP contribution in [-0.2, 0) is 14.3 Å². The number of anilines is 1. The van der Waals surface area contributed by atoms with E-state index in [4.69, 9.17) is 4.74 Å². The fourth-order valence-electron chi connectivity index (χ4n) is 1.92. The molecular formula is C18H18N2O4S. The molecule has 1 heterocycles. The summed E-state index contributed by atoms with van der Waals surface area (Å²) in [7, 11) is 0. The monoisotopic (exact) mass is 358 g/mol. The lowest BCUT2D eigenvalue weighted by Gasteiger charge is -2.07. The minimum atomic E-state index is -0.600. The van der Waals surface area contributed by atoms with E-state index < -0.39 is 18.5 Å². The highest BCUT2D eigenvalue weighted by molar-refractivity contribution is 7.08. The van der Waals surface area contributed by atoms with E-state index in [1.807, 2.05) is 23.8 Å². The zero-order valence-electron chi connectivity index (χ0n) is 13.7. The summed E-state index contributed by atoms with van der Waals surface area (Å²) in [5.41, 5.74) is 1.79. The largest absolute Gasteiger partial charge is 0.452 e. The summed E-state index contributed by atoms with van der Waals surface area (Å²) >= 11 is 1.52. The van der Waals surface area contributed by atoms with Gasteiger partial charge in [0.05, 0.1) is 0 Å². The highest BCUT2D eigenvalue weighted by Crippen LogP contribution is 2.11. The summed E-state index contributed by atoms with van der Waals surface area (Å²) in [5, 5.41) is 9.05. The Hall–Kier alpha value is -2.93. The molecule has 0 aliphatic rings. The molecule has 130 valence electrons. The Balaban J connectivity index is 1.83. The van der Waals surface area contributed by atoms with Crippen LogP contribution in [0.1, 0.15) is 22.8 Å². The van der Waals surface area contributed by atoms with Crippen LogP contribution in [0.5, 0.6) is 0 Å². The molecule has 2 N–H and O–H groups in total. The SMILES string of the molecule is CCNC(=O)c1cccc(NC(=O)COC(=O)/C=C/c2ccsc2)c1. The average molecular weight is 358 g/mol. The molecule has 2 amide bonds. The Kier molecular flexibility index (Phi) is 6.91. The number of nitrogens with one attached hydrogen (secondary N) is 2. The Labute approximate surface area is 149 Å². The van der Waals surface area contributed by atoms with Crippen molar-refractivity contribution >= 4 is 40.9 Å². The quantitative estimate of drug-likeness (QED) is 0.589. The lowest BCUT2D eigenvalue weighted by Crippen LogP contribution is -2.23. The number of ether oxygens (including phenoxy) is 1. The summed E-state index contributed by atoms with van der Waals surface area (Å²) in [5.74, 6) is -1.30. The van der Waals surface area contributed by atoms with Crippen molar-refractivity contribution in [3.8, 4) is 0 Å². The van der Waals surface area contributed by atoms with Gasteiger partial charge in [-0.25, -0.2) is 4.79 Å². The van der Waals surface area contributed by atoms with Crippen LogP contribution in [-0.4, -0.2) is 30.9 Å². The van der Waals surface area contributed by atoms with Crippen molar-refractivity contribution < 1.29 is 19.1 Å². The molecule has 2 rings (SSSR count). The average Bonchev–Trinajstić information content (AvgIpc) is 3.12. The molecule has 0 fully saturated rings. The number of benzene rings is 1. The van der Waals surface area contributed by atoms with Gasteiger partial charge in [0.25, 0.3) is 11.8 Å². The third-order valence-corrected chi connectivity index (χ3v) is 3.75. The predicted molar refractivity (Wildman–Crippen MR) is 97.4 cm³/mol. The third kappa shape index (κ3) is 6.23. The lowest BCUT2D eigenvalue weighted by molar-refractivity contribution is -0.142. The number of amides is 2. The van der Waals surface area contributed by atoms with Gasteiger partial charge in [-0.1, -0.05) is 6.07 Å². The van der Waals surface area contributed by atoms with Gasteiger partial charge in [0, 0.05) is 23.9 Å². The van der Waals surface area contributed by atoms with Gasteiger partial charge in [-0.3, -0.25) is 9.59 Å². The zero-order chi connectivity index (χ0) is 18.1. The second-order valence-corrected chi connectivity index (χ2v) is 5.77.